The van der Waals surface area contributed by atoms with Crippen LogP contribution in [-0.4, -0.2) is 51.8 Å². The minimum absolute atomic E-state index is 0.0502. The number of fused-ring (bicyclic) bond motifs is 5. The Hall–Kier alpha value is -3.28. The molecule has 4 heterocycles. The van der Waals surface area contributed by atoms with E-state index in [1.807, 2.05) is 27.7 Å². The second-order valence-corrected chi connectivity index (χ2v) is 10.5. The molecular weight excluding hydrogens is 484 g/mol. The summed E-state index contributed by atoms with van der Waals surface area (Å²) in [5, 5.41) is 11.1. The molecule has 4 rings (SSSR count). The number of ether oxygens (including phenoxy) is 1. The molecule has 2 aromatic rings. The van der Waals surface area contributed by atoms with Gasteiger partial charge in [-0.2, -0.15) is 0 Å². The molecular formula is C24H32N6O5S. The minimum atomic E-state index is -0.806. The fraction of sp³-hybridized carbons (Fsp3) is 0.583. The molecule has 0 radical (unpaired) electrons. The third-order valence-electron chi connectivity index (χ3n) is 6.51. The van der Waals surface area contributed by atoms with Crippen molar-refractivity contribution < 1.29 is 23.5 Å². The predicted molar refractivity (Wildman–Crippen MR) is 133 cm³/mol. The zero-order chi connectivity index (χ0) is 26.1. The van der Waals surface area contributed by atoms with Crippen LogP contribution in [0.4, 0.5) is 0 Å². The van der Waals surface area contributed by atoms with Crippen LogP contribution in [0.25, 0.3) is 0 Å². The maximum absolute atomic E-state index is 13.1. The fourth-order valence-electron chi connectivity index (χ4n) is 4.07. The Balaban J connectivity index is 1.74. The van der Waals surface area contributed by atoms with E-state index in [2.05, 4.69) is 30.9 Å². The van der Waals surface area contributed by atoms with Crippen molar-refractivity contribution >= 4 is 35.0 Å². The molecule has 2 aromatic heterocycles. The number of aromatic nitrogens is 2. The maximum Gasteiger partial charge on any atom is 0.273 e. The lowest BCUT2D eigenvalue weighted by Crippen LogP contribution is -2.41. The molecule has 0 unspecified atom stereocenters. The zero-order valence-corrected chi connectivity index (χ0v) is 22.0. The lowest BCUT2D eigenvalue weighted by Gasteiger charge is -2.22. The number of aliphatic imine (C=N–C) groups is 1. The third kappa shape index (κ3) is 5.13. The van der Waals surface area contributed by atoms with Crippen LogP contribution in [0.3, 0.4) is 0 Å². The highest BCUT2D eigenvalue weighted by Crippen LogP contribution is 2.29. The molecule has 0 saturated carbocycles. The molecule has 6 bridgehead atoms. The summed E-state index contributed by atoms with van der Waals surface area (Å²) in [6.07, 6.45) is 1.54. The second-order valence-electron chi connectivity index (χ2n) is 9.64. The SMILES string of the molecule is CC[C@H](C)[C@H]1NC(=O)c2coc(n2)[C@H](C(C)C)NC(=O)[C@H]2N=C(O[C@@H]2C)[C@H](C)NC(=O)c2csc1n2. The predicted octanol–water partition coefficient (Wildman–Crippen LogP) is 2.78. The van der Waals surface area contributed by atoms with Gasteiger partial charge >= 0.3 is 0 Å². The summed E-state index contributed by atoms with van der Waals surface area (Å²) in [4.78, 5) is 52.5. The van der Waals surface area contributed by atoms with Gasteiger partial charge in [0.15, 0.2) is 11.7 Å². The van der Waals surface area contributed by atoms with Gasteiger partial charge in [0.1, 0.15) is 35.2 Å². The van der Waals surface area contributed by atoms with Crippen LogP contribution < -0.4 is 16.0 Å². The standard InChI is InChI=1S/C24H32N6O5S/c1-7-11(4)17-24-27-15(9-36-24)20(32)25-12(5)22-30-18(13(6)35-22)21(33)28-16(10(2)3)23-26-14(8-34-23)19(31)29-17/h8-13,16-18H,7H2,1-6H3,(H,25,32)(H,28,33)(H,29,31)/t11-,12-,13+,16-,17+,18-/m0/s1. The molecule has 2 aliphatic rings. The quantitative estimate of drug-likeness (QED) is 0.568. The van der Waals surface area contributed by atoms with Crippen molar-refractivity contribution in [3.63, 3.8) is 0 Å². The lowest BCUT2D eigenvalue weighted by atomic mass is 9.99. The van der Waals surface area contributed by atoms with Crippen molar-refractivity contribution in [2.45, 2.75) is 78.2 Å². The third-order valence-corrected chi connectivity index (χ3v) is 7.44. The molecule has 0 aromatic carbocycles. The Morgan fingerprint density at radius 3 is 2.42 bits per heavy atom. The summed E-state index contributed by atoms with van der Waals surface area (Å²) in [6.45, 7) is 11.3. The molecule has 12 heteroatoms. The Bertz CT molecular complexity index is 1170. The molecule has 0 spiro atoms. The van der Waals surface area contributed by atoms with Crippen LogP contribution in [0.15, 0.2) is 21.1 Å². The van der Waals surface area contributed by atoms with Gasteiger partial charge < -0.3 is 25.1 Å². The number of thiazole rings is 1. The Morgan fingerprint density at radius 2 is 1.72 bits per heavy atom. The van der Waals surface area contributed by atoms with Crippen LogP contribution in [0.5, 0.6) is 0 Å². The fourth-order valence-corrected chi connectivity index (χ4v) is 5.05. The number of amides is 3. The summed E-state index contributed by atoms with van der Waals surface area (Å²) < 4.78 is 11.5. The number of carbonyl (C=O) groups excluding carboxylic acids is 3. The smallest absolute Gasteiger partial charge is 0.273 e. The molecule has 36 heavy (non-hydrogen) atoms. The largest absolute Gasteiger partial charge is 0.474 e. The Labute approximate surface area is 213 Å². The van der Waals surface area contributed by atoms with E-state index < -0.39 is 42.1 Å². The van der Waals surface area contributed by atoms with E-state index >= 15 is 0 Å². The first-order chi connectivity index (χ1) is 17.1. The Morgan fingerprint density at radius 1 is 1.00 bits per heavy atom. The highest BCUT2D eigenvalue weighted by molar-refractivity contribution is 7.09. The van der Waals surface area contributed by atoms with Gasteiger partial charge in [-0.3, -0.25) is 14.4 Å². The molecule has 3 N–H and O–H groups in total. The zero-order valence-electron chi connectivity index (χ0n) is 21.2. The normalized spacial score (nSPS) is 27.8. The number of nitrogens with one attached hydrogen (secondary N) is 3. The van der Waals surface area contributed by atoms with Crippen molar-refractivity contribution in [3.05, 3.63) is 33.9 Å². The van der Waals surface area contributed by atoms with Gasteiger partial charge in [0.2, 0.25) is 17.7 Å². The number of nitrogens with zero attached hydrogens (tertiary/aromatic N) is 3. The average molecular weight is 517 g/mol. The molecule has 0 aliphatic carbocycles. The van der Waals surface area contributed by atoms with Crippen molar-refractivity contribution in [2.75, 3.05) is 0 Å². The first-order valence-corrected chi connectivity index (χ1v) is 13.0. The monoisotopic (exact) mass is 516 g/mol. The summed E-state index contributed by atoms with van der Waals surface area (Å²) in [7, 11) is 0. The number of rotatable bonds is 3. The maximum atomic E-state index is 13.1. The van der Waals surface area contributed by atoms with Crippen molar-refractivity contribution in [1.82, 2.24) is 25.9 Å². The number of hydrogen-bond donors (Lipinski definition) is 3. The van der Waals surface area contributed by atoms with Crippen molar-refractivity contribution in [2.24, 2.45) is 16.8 Å². The van der Waals surface area contributed by atoms with Crippen molar-refractivity contribution in [3.8, 4) is 0 Å². The summed E-state index contributed by atoms with van der Waals surface area (Å²) >= 11 is 1.30. The molecule has 194 valence electrons. The van der Waals surface area contributed by atoms with Crippen molar-refractivity contribution in [1.29, 1.82) is 0 Å². The van der Waals surface area contributed by atoms with Gasteiger partial charge in [-0.1, -0.05) is 34.1 Å². The van der Waals surface area contributed by atoms with Gasteiger partial charge in [-0.25, -0.2) is 15.0 Å². The number of hydrogen-bond acceptors (Lipinski definition) is 9. The highest BCUT2D eigenvalue weighted by atomic mass is 32.1. The van der Waals surface area contributed by atoms with Crippen LogP contribution in [0.1, 0.15) is 91.9 Å². The van der Waals surface area contributed by atoms with Crippen LogP contribution in [-0.2, 0) is 9.53 Å². The van der Waals surface area contributed by atoms with E-state index in [0.717, 1.165) is 6.42 Å². The van der Waals surface area contributed by atoms with Crippen LogP contribution in [0.2, 0.25) is 0 Å². The van der Waals surface area contributed by atoms with Crippen LogP contribution >= 0.6 is 11.3 Å². The first kappa shape index (κ1) is 25.8. The van der Waals surface area contributed by atoms with E-state index in [1.165, 1.54) is 17.6 Å². The van der Waals surface area contributed by atoms with Gasteiger partial charge in [0.05, 0.1) is 6.04 Å². The number of oxazole rings is 1. The molecule has 11 nitrogen and oxygen atoms in total. The van der Waals surface area contributed by atoms with Gasteiger partial charge in [0, 0.05) is 5.38 Å². The molecule has 0 saturated heterocycles. The second kappa shape index (κ2) is 10.4. The lowest BCUT2D eigenvalue weighted by molar-refractivity contribution is -0.124. The summed E-state index contributed by atoms with van der Waals surface area (Å²) in [5.41, 5.74) is 0.329. The van der Waals surface area contributed by atoms with Gasteiger partial charge in [0.25, 0.3) is 11.8 Å². The first-order valence-electron chi connectivity index (χ1n) is 12.2. The minimum Gasteiger partial charge on any atom is -0.474 e. The average Bonchev–Trinajstić information content (AvgIpc) is 3.59. The van der Waals surface area contributed by atoms with E-state index in [9.17, 15) is 14.4 Å². The molecule has 2 aliphatic heterocycles. The summed E-state index contributed by atoms with van der Waals surface area (Å²) in [5.74, 6) is -0.694. The van der Waals surface area contributed by atoms with Gasteiger partial charge in [-0.15, -0.1) is 11.3 Å². The van der Waals surface area contributed by atoms with E-state index in [-0.39, 0.29) is 40.9 Å². The van der Waals surface area contributed by atoms with Gasteiger partial charge in [-0.05, 0) is 25.7 Å². The topological polar surface area (TPSA) is 148 Å². The number of carbonyl (C=O) groups is 3. The van der Waals surface area contributed by atoms with Crippen LogP contribution in [0, 0.1) is 11.8 Å². The highest BCUT2D eigenvalue weighted by Gasteiger charge is 2.38. The molecule has 0 fully saturated rings. The van der Waals surface area contributed by atoms with E-state index in [0.29, 0.717) is 5.01 Å². The van der Waals surface area contributed by atoms with E-state index in [4.69, 9.17) is 9.15 Å². The Kier molecular flexibility index (Phi) is 7.43. The molecule has 6 atom stereocenters. The summed E-state index contributed by atoms with van der Waals surface area (Å²) in [6, 6.07) is -2.37. The molecule has 3 amide bonds. The van der Waals surface area contributed by atoms with E-state index in [1.54, 1.807) is 19.2 Å².